The molecular formula is C25H22FN5O3S. The van der Waals surface area contributed by atoms with Crippen LogP contribution in [0, 0.1) is 5.82 Å². The van der Waals surface area contributed by atoms with Crippen molar-refractivity contribution in [2.75, 3.05) is 33.3 Å². The Morgan fingerprint density at radius 2 is 1.71 bits per heavy atom. The third-order valence-electron chi connectivity index (χ3n) is 5.97. The maximum absolute atomic E-state index is 13.4. The maximum atomic E-state index is 13.4. The van der Waals surface area contributed by atoms with Crippen LogP contribution >= 0.6 is 11.3 Å². The number of methoxy groups -OCH3 is 1. The summed E-state index contributed by atoms with van der Waals surface area (Å²) in [5.41, 5.74) is 2.20. The first-order valence-corrected chi connectivity index (χ1v) is 11.9. The number of benzene rings is 2. The van der Waals surface area contributed by atoms with Crippen LogP contribution in [0.3, 0.4) is 0 Å². The lowest BCUT2D eigenvalue weighted by Gasteiger charge is -2.38. The number of aromatic nitrogens is 3. The normalized spacial score (nSPS) is 15.2. The first-order valence-electron chi connectivity index (χ1n) is 11.1. The molecule has 1 atom stereocenters. The van der Waals surface area contributed by atoms with E-state index in [1.807, 2.05) is 29.2 Å². The molecule has 2 aromatic heterocycles. The summed E-state index contributed by atoms with van der Waals surface area (Å²) in [5, 5.41) is 0.642. The van der Waals surface area contributed by atoms with Gasteiger partial charge in [0.1, 0.15) is 22.6 Å². The lowest BCUT2D eigenvalue weighted by Crippen LogP contribution is -2.51. The van der Waals surface area contributed by atoms with Crippen molar-refractivity contribution in [3.8, 4) is 10.7 Å². The average Bonchev–Trinajstić information content (AvgIpc) is 3.34. The van der Waals surface area contributed by atoms with E-state index in [0.717, 1.165) is 10.2 Å². The smallest absolute Gasteiger partial charge is 0.327 e. The maximum Gasteiger partial charge on any atom is 0.327 e. The van der Waals surface area contributed by atoms with Gasteiger partial charge in [0.05, 0.1) is 17.3 Å². The molecule has 0 saturated carbocycles. The number of carbonyl (C=O) groups is 2. The Morgan fingerprint density at radius 3 is 2.43 bits per heavy atom. The predicted molar refractivity (Wildman–Crippen MR) is 129 cm³/mol. The zero-order valence-electron chi connectivity index (χ0n) is 18.9. The number of carbonyl (C=O) groups excluding carboxylic acids is 2. The zero-order valence-corrected chi connectivity index (χ0v) is 19.7. The van der Waals surface area contributed by atoms with E-state index in [-0.39, 0.29) is 17.4 Å². The summed E-state index contributed by atoms with van der Waals surface area (Å²) in [6.07, 6.45) is 3.06. The third-order valence-corrected chi connectivity index (χ3v) is 7.02. The van der Waals surface area contributed by atoms with Crippen molar-refractivity contribution in [1.82, 2.24) is 24.8 Å². The number of amides is 1. The standard InChI is InChI=1S/C25H22FN5O3S/c1-34-25(33)22(16-6-8-17(26)9-7-16)30-12-14-31(15-13-30)24(32)21-20(27-10-11-28-21)23-29-18-4-2-3-5-19(18)35-23/h2-11,22H,12-15H2,1H3/t22-/m1/s1. The van der Waals surface area contributed by atoms with E-state index in [1.165, 1.54) is 36.8 Å². The molecule has 35 heavy (non-hydrogen) atoms. The molecule has 1 fully saturated rings. The average molecular weight is 492 g/mol. The third kappa shape index (κ3) is 4.62. The fourth-order valence-corrected chi connectivity index (χ4v) is 5.17. The predicted octanol–water partition coefficient (Wildman–Crippen LogP) is 3.56. The number of para-hydroxylation sites is 1. The number of hydrogen-bond donors (Lipinski definition) is 0. The van der Waals surface area contributed by atoms with E-state index in [2.05, 4.69) is 15.0 Å². The van der Waals surface area contributed by atoms with Crippen molar-refractivity contribution < 1.29 is 18.7 Å². The highest BCUT2D eigenvalue weighted by atomic mass is 32.1. The van der Waals surface area contributed by atoms with Crippen LogP contribution in [0.1, 0.15) is 22.1 Å². The van der Waals surface area contributed by atoms with Crippen molar-refractivity contribution >= 4 is 33.4 Å². The van der Waals surface area contributed by atoms with E-state index in [4.69, 9.17) is 4.74 Å². The topological polar surface area (TPSA) is 88.5 Å². The summed E-state index contributed by atoms with van der Waals surface area (Å²) >= 11 is 1.47. The van der Waals surface area contributed by atoms with Crippen LogP contribution in [0.2, 0.25) is 0 Å². The Kier molecular flexibility index (Phi) is 6.47. The molecule has 0 unspecified atom stereocenters. The summed E-state index contributed by atoms with van der Waals surface area (Å²) < 4.78 is 19.4. The number of nitrogens with zero attached hydrogens (tertiary/aromatic N) is 5. The Balaban J connectivity index is 1.35. The number of piperazine rings is 1. The molecule has 0 radical (unpaired) electrons. The Morgan fingerprint density at radius 1 is 1.00 bits per heavy atom. The number of rotatable bonds is 5. The number of ether oxygens (including phenoxy) is 1. The van der Waals surface area contributed by atoms with Crippen LogP contribution in [0.5, 0.6) is 0 Å². The summed E-state index contributed by atoms with van der Waals surface area (Å²) in [5.74, 6) is -1.03. The first kappa shape index (κ1) is 23.0. The monoisotopic (exact) mass is 491 g/mol. The minimum atomic E-state index is -0.673. The molecule has 0 aliphatic carbocycles. The van der Waals surface area contributed by atoms with Crippen LogP contribution < -0.4 is 0 Å². The molecule has 3 heterocycles. The van der Waals surface area contributed by atoms with Gasteiger partial charge in [0, 0.05) is 38.6 Å². The molecule has 4 aromatic rings. The number of halogens is 1. The van der Waals surface area contributed by atoms with Gasteiger partial charge in [-0.05, 0) is 29.8 Å². The molecule has 0 bridgehead atoms. The molecule has 0 N–H and O–H groups in total. The highest BCUT2D eigenvalue weighted by molar-refractivity contribution is 7.21. The quantitative estimate of drug-likeness (QED) is 0.395. The van der Waals surface area contributed by atoms with Gasteiger partial charge in [0.15, 0.2) is 5.69 Å². The van der Waals surface area contributed by atoms with Crippen LogP contribution in [0.25, 0.3) is 20.9 Å². The molecular weight excluding hydrogens is 469 g/mol. The van der Waals surface area contributed by atoms with Gasteiger partial charge in [0.2, 0.25) is 0 Å². The van der Waals surface area contributed by atoms with Crippen LogP contribution in [-0.2, 0) is 9.53 Å². The lowest BCUT2D eigenvalue weighted by molar-refractivity contribution is -0.148. The second-order valence-corrected chi connectivity index (χ2v) is 9.08. The number of thiazole rings is 1. The number of esters is 1. The van der Waals surface area contributed by atoms with E-state index < -0.39 is 12.0 Å². The van der Waals surface area contributed by atoms with E-state index in [0.29, 0.717) is 42.4 Å². The van der Waals surface area contributed by atoms with Crippen molar-refractivity contribution in [3.05, 3.63) is 78.0 Å². The van der Waals surface area contributed by atoms with E-state index in [1.54, 1.807) is 23.2 Å². The highest BCUT2D eigenvalue weighted by Crippen LogP contribution is 2.31. The zero-order chi connectivity index (χ0) is 24.4. The number of fused-ring (bicyclic) bond motifs is 1. The van der Waals surface area contributed by atoms with Crippen LogP contribution in [0.4, 0.5) is 4.39 Å². The minimum Gasteiger partial charge on any atom is -0.468 e. The summed E-state index contributed by atoms with van der Waals surface area (Å²) in [7, 11) is 1.33. The fourth-order valence-electron chi connectivity index (χ4n) is 4.21. The molecule has 178 valence electrons. The van der Waals surface area contributed by atoms with Gasteiger partial charge in [-0.15, -0.1) is 11.3 Å². The van der Waals surface area contributed by atoms with E-state index in [9.17, 15) is 14.0 Å². The van der Waals surface area contributed by atoms with Gasteiger partial charge in [-0.2, -0.15) is 0 Å². The van der Waals surface area contributed by atoms with Crippen molar-refractivity contribution in [2.24, 2.45) is 0 Å². The van der Waals surface area contributed by atoms with Crippen LogP contribution in [-0.4, -0.2) is 69.9 Å². The molecule has 1 saturated heterocycles. The van der Waals surface area contributed by atoms with Gasteiger partial charge < -0.3 is 9.64 Å². The van der Waals surface area contributed by atoms with Gasteiger partial charge in [-0.1, -0.05) is 24.3 Å². The second-order valence-electron chi connectivity index (χ2n) is 8.05. The van der Waals surface area contributed by atoms with Crippen molar-refractivity contribution in [2.45, 2.75) is 6.04 Å². The lowest BCUT2D eigenvalue weighted by atomic mass is 10.0. The van der Waals surface area contributed by atoms with Gasteiger partial charge in [0.25, 0.3) is 5.91 Å². The molecule has 0 spiro atoms. The largest absolute Gasteiger partial charge is 0.468 e. The SMILES string of the molecule is COC(=O)[C@@H](c1ccc(F)cc1)N1CCN(C(=O)c2nccnc2-c2nc3ccccc3s2)CC1. The summed E-state index contributed by atoms with van der Waals surface area (Å²) in [6, 6.07) is 12.9. The van der Waals surface area contributed by atoms with Crippen molar-refractivity contribution in [1.29, 1.82) is 0 Å². The van der Waals surface area contributed by atoms with Gasteiger partial charge >= 0.3 is 5.97 Å². The Bertz CT molecular complexity index is 1340. The molecule has 1 aliphatic rings. The summed E-state index contributed by atoms with van der Waals surface area (Å²) in [4.78, 5) is 43.0. The highest BCUT2D eigenvalue weighted by Gasteiger charge is 2.33. The van der Waals surface area contributed by atoms with Crippen molar-refractivity contribution in [3.63, 3.8) is 0 Å². The summed E-state index contributed by atoms with van der Waals surface area (Å²) in [6.45, 7) is 1.67. The molecule has 2 aromatic carbocycles. The van der Waals surface area contributed by atoms with Gasteiger partial charge in [-0.25, -0.2) is 24.1 Å². The van der Waals surface area contributed by atoms with E-state index >= 15 is 0 Å². The Labute approximate surface area is 205 Å². The van der Waals surface area contributed by atoms with Crippen LogP contribution in [0.15, 0.2) is 60.9 Å². The fraction of sp³-hybridized carbons (Fsp3) is 0.240. The van der Waals surface area contributed by atoms with Gasteiger partial charge in [-0.3, -0.25) is 9.69 Å². The molecule has 5 rings (SSSR count). The molecule has 1 amide bonds. The molecule has 10 heteroatoms. The molecule has 1 aliphatic heterocycles. The molecule has 8 nitrogen and oxygen atoms in total. The first-order chi connectivity index (χ1) is 17.0. The minimum absolute atomic E-state index is 0.233. The Hall–Kier alpha value is -3.76. The number of hydrogen-bond acceptors (Lipinski definition) is 8. The second kappa shape index (κ2) is 9.85.